The van der Waals surface area contributed by atoms with Crippen LogP contribution in [0.4, 0.5) is 0 Å². The van der Waals surface area contributed by atoms with Crippen molar-refractivity contribution in [3.05, 3.63) is 56.7 Å². The summed E-state index contributed by atoms with van der Waals surface area (Å²) in [5.41, 5.74) is 12.7. The molecule has 0 aliphatic heterocycles. The first kappa shape index (κ1) is 21.0. The number of hydrogen-bond acceptors (Lipinski definition) is 0. The number of hydrogen-bond donors (Lipinski definition) is 0. The van der Waals surface area contributed by atoms with Gasteiger partial charge in [0.15, 0.2) is 0 Å². The van der Waals surface area contributed by atoms with Crippen molar-refractivity contribution in [3.8, 4) is 0 Å². The fourth-order valence-corrected chi connectivity index (χ4v) is 4.71. The molecule has 2 aliphatic carbocycles. The van der Waals surface area contributed by atoms with Crippen LogP contribution in [0.2, 0.25) is 0 Å². The maximum absolute atomic E-state index is 2.41. The van der Waals surface area contributed by atoms with E-state index < -0.39 is 0 Å². The third-order valence-electron chi connectivity index (χ3n) is 7.44. The van der Waals surface area contributed by atoms with Gasteiger partial charge in [0, 0.05) is 0 Å². The van der Waals surface area contributed by atoms with Gasteiger partial charge in [-0.1, -0.05) is 54.7 Å². The Bertz CT molecular complexity index is 688. The summed E-state index contributed by atoms with van der Waals surface area (Å²) in [7, 11) is 0. The van der Waals surface area contributed by atoms with Crippen LogP contribution >= 0.6 is 0 Å². The van der Waals surface area contributed by atoms with Crippen LogP contribution in [0.25, 0.3) is 0 Å². The lowest BCUT2D eigenvalue weighted by molar-refractivity contribution is 0.647. The van der Waals surface area contributed by atoms with E-state index in [-0.39, 0.29) is 0 Å². The highest BCUT2D eigenvalue weighted by molar-refractivity contribution is 5.47. The molecule has 0 amide bonds. The van der Waals surface area contributed by atoms with Crippen molar-refractivity contribution < 1.29 is 0 Å². The summed E-state index contributed by atoms with van der Waals surface area (Å²) in [5, 5.41) is 0. The Labute approximate surface area is 162 Å². The molecule has 0 fully saturated rings. The molecule has 0 saturated carbocycles. The molecule has 0 aromatic heterocycles. The van der Waals surface area contributed by atoms with Crippen LogP contribution < -0.4 is 0 Å². The monoisotopic (exact) mass is 352 g/mol. The van der Waals surface area contributed by atoms with E-state index in [9.17, 15) is 0 Å². The molecule has 2 atom stereocenters. The first-order chi connectivity index (χ1) is 12.3. The Hall–Kier alpha value is -1.30. The molecular formula is C26H40. The minimum absolute atomic E-state index is 0.644. The van der Waals surface area contributed by atoms with Crippen LogP contribution in [0, 0.1) is 11.8 Å². The fraction of sp³-hybridized carbons (Fsp3) is 0.615. The van der Waals surface area contributed by atoms with Crippen molar-refractivity contribution in [1.82, 2.24) is 0 Å². The summed E-state index contributed by atoms with van der Waals surface area (Å²) in [4.78, 5) is 0. The van der Waals surface area contributed by atoms with Crippen molar-refractivity contribution >= 4 is 0 Å². The predicted molar refractivity (Wildman–Crippen MR) is 117 cm³/mol. The Morgan fingerprint density at radius 3 is 1.65 bits per heavy atom. The summed E-state index contributed by atoms with van der Waals surface area (Å²) < 4.78 is 0. The van der Waals surface area contributed by atoms with E-state index in [4.69, 9.17) is 0 Å². The maximum Gasteiger partial charge on any atom is -0.000945 e. The van der Waals surface area contributed by atoms with Crippen LogP contribution in [0.5, 0.6) is 0 Å². The Kier molecular flexibility index (Phi) is 7.33. The molecule has 0 heteroatoms. The third-order valence-corrected chi connectivity index (χ3v) is 7.44. The fourth-order valence-electron chi connectivity index (χ4n) is 4.71. The van der Waals surface area contributed by atoms with Gasteiger partial charge in [0.25, 0.3) is 0 Å². The molecule has 144 valence electrons. The second-order valence-corrected chi connectivity index (χ2v) is 8.63. The van der Waals surface area contributed by atoms with E-state index in [1.54, 1.807) is 33.4 Å². The normalized spacial score (nSPS) is 24.3. The van der Waals surface area contributed by atoms with Crippen LogP contribution in [0.15, 0.2) is 56.7 Å². The zero-order valence-corrected chi connectivity index (χ0v) is 18.6. The average Bonchev–Trinajstić information content (AvgIpc) is 2.92. The highest BCUT2D eigenvalue weighted by atomic mass is 14.3. The molecule has 0 spiro atoms. The van der Waals surface area contributed by atoms with Gasteiger partial charge in [-0.3, -0.25) is 0 Å². The Balaban J connectivity index is 1.66. The van der Waals surface area contributed by atoms with Gasteiger partial charge in [0.2, 0.25) is 0 Å². The zero-order chi connectivity index (χ0) is 19.4. The smallest absolute Gasteiger partial charge is 0.000945 e. The second-order valence-electron chi connectivity index (χ2n) is 8.63. The van der Waals surface area contributed by atoms with Gasteiger partial charge in [0.05, 0.1) is 0 Å². The molecule has 0 bridgehead atoms. The summed E-state index contributed by atoms with van der Waals surface area (Å²) in [6, 6.07) is 0. The Morgan fingerprint density at radius 1 is 0.615 bits per heavy atom. The van der Waals surface area contributed by atoms with E-state index in [0.29, 0.717) is 11.8 Å². The molecule has 2 aliphatic rings. The van der Waals surface area contributed by atoms with Gasteiger partial charge < -0.3 is 0 Å². The first-order valence-electron chi connectivity index (χ1n) is 10.7. The average molecular weight is 353 g/mol. The van der Waals surface area contributed by atoms with Gasteiger partial charge in [-0.2, -0.15) is 0 Å². The molecule has 2 unspecified atom stereocenters. The highest BCUT2D eigenvalue weighted by Gasteiger charge is 2.23. The SMILES string of the molecule is CC1=C(C)C(C)C(C/C=C/CCCCCC2=C(C)C(C)=C(C)C2C)=C1C. The molecule has 0 radical (unpaired) electrons. The quantitative estimate of drug-likeness (QED) is 0.303. The summed E-state index contributed by atoms with van der Waals surface area (Å²) in [5.74, 6) is 1.32. The van der Waals surface area contributed by atoms with E-state index in [0.717, 1.165) is 6.42 Å². The van der Waals surface area contributed by atoms with Crippen LogP contribution in [-0.4, -0.2) is 0 Å². The minimum atomic E-state index is 0.644. The molecule has 26 heavy (non-hydrogen) atoms. The van der Waals surface area contributed by atoms with E-state index in [2.05, 4.69) is 67.5 Å². The van der Waals surface area contributed by atoms with Gasteiger partial charge in [-0.25, -0.2) is 0 Å². The topological polar surface area (TPSA) is 0 Å². The van der Waals surface area contributed by atoms with Gasteiger partial charge in [-0.05, 0) is 108 Å². The Morgan fingerprint density at radius 2 is 1.15 bits per heavy atom. The summed E-state index contributed by atoms with van der Waals surface area (Å²) in [6.07, 6.45) is 12.5. The van der Waals surface area contributed by atoms with Gasteiger partial charge in [0.1, 0.15) is 0 Å². The van der Waals surface area contributed by atoms with Crippen LogP contribution in [-0.2, 0) is 0 Å². The van der Waals surface area contributed by atoms with Gasteiger partial charge in [-0.15, -0.1) is 0 Å². The van der Waals surface area contributed by atoms with Crippen molar-refractivity contribution in [1.29, 1.82) is 0 Å². The number of allylic oxidation sites excluding steroid dienone is 10. The lowest BCUT2D eigenvalue weighted by Gasteiger charge is -2.12. The first-order valence-corrected chi connectivity index (χ1v) is 10.7. The molecule has 0 saturated heterocycles. The maximum atomic E-state index is 2.41. The van der Waals surface area contributed by atoms with Crippen molar-refractivity contribution in [2.45, 2.75) is 93.9 Å². The lowest BCUT2D eigenvalue weighted by atomic mass is 9.93. The van der Waals surface area contributed by atoms with Crippen LogP contribution in [0.1, 0.15) is 93.9 Å². The zero-order valence-electron chi connectivity index (χ0n) is 18.6. The lowest BCUT2D eigenvalue weighted by Crippen LogP contribution is -1.97. The molecule has 0 N–H and O–H groups in total. The standard InChI is InChI=1S/C26H40/c1-17-18(2)22(6)25(21(17)5)15-13-11-9-10-12-14-16-26-23(7)19(3)20(4)24(26)8/h11,13,21,23H,9-10,12,14-16H2,1-8H3/b13-11+. The minimum Gasteiger partial charge on any atom is -0.0882 e. The molecule has 0 aromatic rings. The summed E-state index contributed by atoms with van der Waals surface area (Å²) in [6.45, 7) is 18.5. The second kappa shape index (κ2) is 9.07. The molecule has 0 nitrogen and oxygen atoms in total. The number of unbranched alkanes of at least 4 members (excludes halogenated alkanes) is 3. The van der Waals surface area contributed by atoms with E-state index >= 15 is 0 Å². The van der Waals surface area contributed by atoms with Crippen LogP contribution in [0.3, 0.4) is 0 Å². The predicted octanol–water partition coefficient (Wildman–Crippen LogP) is 8.49. The largest absolute Gasteiger partial charge is 0.0882 e. The van der Waals surface area contributed by atoms with Crippen molar-refractivity contribution in [2.24, 2.45) is 11.8 Å². The molecule has 0 heterocycles. The summed E-state index contributed by atoms with van der Waals surface area (Å²) >= 11 is 0. The van der Waals surface area contributed by atoms with Crippen molar-refractivity contribution in [3.63, 3.8) is 0 Å². The van der Waals surface area contributed by atoms with Gasteiger partial charge >= 0.3 is 0 Å². The highest BCUT2D eigenvalue weighted by Crippen LogP contribution is 2.39. The van der Waals surface area contributed by atoms with E-state index in [1.165, 1.54) is 43.3 Å². The molecule has 0 aromatic carbocycles. The third kappa shape index (κ3) is 4.33. The molecular weight excluding hydrogens is 312 g/mol. The van der Waals surface area contributed by atoms with E-state index in [1.807, 2.05) is 0 Å². The molecule has 2 rings (SSSR count). The number of rotatable bonds is 8. The van der Waals surface area contributed by atoms with Crippen molar-refractivity contribution in [2.75, 3.05) is 0 Å².